The lowest BCUT2D eigenvalue weighted by atomic mass is 10.0. The van der Waals surface area contributed by atoms with Crippen molar-refractivity contribution >= 4 is 5.97 Å². The highest BCUT2D eigenvalue weighted by Gasteiger charge is 2.36. The SMILES string of the molecule is CCCCCCC1OC1CCCCCCC(=O)OC(C)CO. The topological polar surface area (TPSA) is 59.1 Å². The molecule has 0 radical (unpaired) electrons. The van der Waals surface area contributed by atoms with Crippen molar-refractivity contribution in [3.05, 3.63) is 0 Å². The van der Waals surface area contributed by atoms with Crippen LogP contribution in [-0.4, -0.2) is 36.0 Å². The van der Waals surface area contributed by atoms with Crippen LogP contribution >= 0.6 is 0 Å². The van der Waals surface area contributed by atoms with Crippen molar-refractivity contribution < 1.29 is 19.4 Å². The van der Waals surface area contributed by atoms with E-state index in [2.05, 4.69) is 6.92 Å². The Bertz CT molecular complexity index is 293. The summed E-state index contributed by atoms with van der Waals surface area (Å²) in [7, 11) is 0. The summed E-state index contributed by atoms with van der Waals surface area (Å²) in [5.74, 6) is -0.195. The number of aliphatic hydroxyl groups excluding tert-OH is 1. The summed E-state index contributed by atoms with van der Waals surface area (Å²) in [5, 5.41) is 8.80. The monoisotopic (exact) mass is 314 g/mol. The highest BCUT2D eigenvalue weighted by atomic mass is 16.6. The van der Waals surface area contributed by atoms with Crippen LogP contribution in [0.5, 0.6) is 0 Å². The molecule has 0 aromatic heterocycles. The molecule has 1 fully saturated rings. The maximum atomic E-state index is 11.4. The summed E-state index contributed by atoms with van der Waals surface area (Å²) in [4.78, 5) is 11.4. The van der Waals surface area contributed by atoms with E-state index >= 15 is 0 Å². The molecule has 130 valence electrons. The number of carbonyl (C=O) groups excluding carboxylic acids is 1. The number of carbonyl (C=O) groups is 1. The molecule has 0 saturated carbocycles. The van der Waals surface area contributed by atoms with E-state index in [1.165, 1.54) is 44.9 Å². The van der Waals surface area contributed by atoms with Crippen LogP contribution in [0.25, 0.3) is 0 Å². The van der Waals surface area contributed by atoms with Gasteiger partial charge < -0.3 is 14.6 Å². The Kier molecular flexibility index (Phi) is 10.5. The van der Waals surface area contributed by atoms with E-state index in [1.54, 1.807) is 6.92 Å². The molecule has 1 rings (SSSR count). The van der Waals surface area contributed by atoms with Crippen molar-refractivity contribution in [2.24, 2.45) is 0 Å². The predicted octanol–water partition coefficient (Wildman–Crippen LogP) is 3.99. The van der Waals surface area contributed by atoms with Crippen molar-refractivity contribution in [2.45, 2.75) is 103 Å². The van der Waals surface area contributed by atoms with Crippen LogP contribution in [0.15, 0.2) is 0 Å². The third kappa shape index (κ3) is 9.42. The molecule has 0 aromatic carbocycles. The number of ether oxygens (including phenoxy) is 2. The quantitative estimate of drug-likeness (QED) is 0.299. The fraction of sp³-hybridized carbons (Fsp3) is 0.944. The van der Waals surface area contributed by atoms with Gasteiger partial charge in [-0.15, -0.1) is 0 Å². The van der Waals surface area contributed by atoms with Gasteiger partial charge in [0.2, 0.25) is 0 Å². The highest BCUT2D eigenvalue weighted by molar-refractivity contribution is 5.69. The first-order valence-corrected chi connectivity index (χ1v) is 9.13. The molecule has 4 nitrogen and oxygen atoms in total. The third-order valence-electron chi connectivity index (χ3n) is 4.24. The molecule has 1 saturated heterocycles. The lowest BCUT2D eigenvalue weighted by Crippen LogP contribution is -2.18. The van der Waals surface area contributed by atoms with Crippen molar-refractivity contribution in [1.29, 1.82) is 0 Å². The van der Waals surface area contributed by atoms with Crippen LogP contribution < -0.4 is 0 Å². The third-order valence-corrected chi connectivity index (χ3v) is 4.24. The smallest absolute Gasteiger partial charge is 0.306 e. The molecule has 0 amide bonds. The van der Waals surface area contributed by atoms with Gasteiger partial charge in [-0.2, -0.15) is 0 Å². The second kappa shape index (κ2) is 11.9. The van der Waals surface area contributed by atoms with Crippen molar-refractivity contribution in [3.8, 4) is 0 Å². The van der Waals surface area contributed by atoms with E-state index in [9.17, 15) is 4.79 Å². The summed E-state index contributed by atoms with van der Waals surface area (Å²) in [6.07, 6.45) is 13.1. The first kappa shape index (κ1) is 19.4. The number of unbranched alkanes of at least 4 members (excludes halogenated alkanes) is 6. The molecule has 0 aliphatic carbocycles. The molecule has 4 heteroatoms. The summed E-state index contributed by atoms with van der Waals surface area (Å²) < 4.78 is 10.7. The first-order valence-electron chi connectivity index (χ1n) is 9.13. The molecular weight excluding hydrogens is 280 g/mol. The number of hydrogen-bond donors (Lipinski definition) is 1. The van der Waals surface area contributed by atoms with E-state index in [1.807, 2.05) is 0 Å². The Morgan fingerprint density at radius 1 is 1.05 bits per heavy atom. The molecule has 0 bridgehead atoms. The van der Waals surface area contributed by atoms with Crippen LogP contribution in [0.3, 0.4) is 0 Å². The van der Waals surface area contributed by atoms with Gasteiger partial charge in [0.05, 0.1) is 18.8 Å². The zero-order valence-electron chi connectivity index (χ0n) is 14.4. The highest BCUT2D eigenvalue weighted by Crippen LogP contribution is 2.31. The van der Waals surface area contributed by atoms with Gasteiger partial charge in [0, 0.05) is 6.42 Å². The normalized spacial score (nSPS) is 21.6. The molecule has 22 heavy (non-hydrogen) atoms. The zero-order chi connectivity index (χ0) is 16.2. The van der Waals surface area contributed by atoms with E-state index in [0.29, 0.717) is 18.6 Å². The number of rotatable bonds is 14. The van der Waals surface area contributed by atoms with Gasteiger partial charge in [-0.25, -0.2) is 0 Å². The molecule has 3 unspecified atom stereocenters. The number of esters is 1. The van der Waals surface area contributed by atoms with Crippen LogP contribution in [-0.2, 0) is 14.3 Å². The number of epoxide rings is 1. The average molecular weight is 314 g/mol. The van der Waals surface area contributed by atoms with Gasteiger partial charge in [-0.3, -0.25) is 4.79 Å². The van der Waals surface area contributed by atoms with Gasteiger partial charge >= 0.3 is 5.97 Å². The first-order chi connectivity index (χ1) is 10.7. The second-order valence-corrected chi connectivity index (χ2v) is 6.50. The molecule has 0 aromatic rings. The lowest BCUT2D eigenvalue weighted by molar-refractivity contribution is -0.150. The predicted molar refractivity (Wildman–Crippen MR) is 87.8 cm³/mol. The van der Waals surface area contributed by atoms with Crippen LogP contribution in [0.4, 0.5) is 0 Å². The number of aliphatic hydroxyl groups is 1. The van der Waals surface area contributed by atoms with Gasteiger partial charge in [0.15, 0.2) is 0 Å². The summed E-state index contributed by atoms with van der Waals surface area (Å²) >= 11 is 0. The molecule has 1 aliphatic rings. The summed E-state index contributed by atoms with van der Waals surface area (Å²) in [6, 6.07) is 0. The van der Waals surface area contributed by atoms with Gasteiger partial charge in [0.1, 0.15) is 6.10 Å². The maximum Gasteiger partial charge on any atom is 0.306 e. The van der Waals surface area contributed by atoms with Gasteiger partial charge in [-0.1, -0.05) is 51.9 Å². The minimum atomic E-state index is -0.381. The Morgan fingerprint density at radius 2 is 1.64 bits per heavy atom. The average Bonchev–Trinajstić information content (AvgIpc) is 3.25. The zero-order valence-corrected chi connectivity index (χ0v) is 14.4. The standard InChI is InChI=1S/C18H34O4/c1-3-4-5-8-11-16-17(22-16)12-9-6-7-10-13-18(20)21-15(2)14-19/h15-17,19H,3-14H2,1-2H3. The lowest BCUT2D eigenvalue weighted by Gasteiger charge is -2.09. The maximum absolute atomic E-state index is 11.4. The van der Waals surface area contributed by atoms with Crippen molar-refractivity contribution in [1.82, 2.24) is 0 Å². The van der Waals surface area contributed by atoms with E-state index in [4.69, 9.17) is 14.6 Å². The molecule has 1 heterocycles. The molecule has 1 aliphatic heterocycles. The summed E-state index contributed by atoms with van der Waals surface area (Å²) in [5.41, 5.74) is 0. The van der Waals surface area contributed by atoms with Gasteiger partial charge in [0.25, 0.3) is 0 Å². The Labute approximate surface area is 135 Å². The molecule has 3 atom stereocenters. The fourth-order valence-corrected chi connectivity index (χ4v) is 2.75. The molecule has 1 N–H and O–H groups in total. The minimum absolute atomic E-state index is 0.104. The fourth-order valence-electron chi connectivity index (χ4n) is 2.75. The molecule has 0 spiro atoms. The van der Waals surface area contributed by atoms with E-state index in [-0.39, 0.29) is 18.7 Å². The van der Waals surface area contributed by atoms with Crippen molar-refractivity contribution in [3.63, 3.8) is 0 Å². The van der Waals surface area contributed by atoms with E-state index < -0.39 is 0 Å². The van der Waals surface area contributed by atoms with Crippen LogP contribution in [0.2, 0.25) is 0 Å². The second-order valence-electron chi connectivity index (χ2n) is 6.50. The van der Waals surface area contributed by atoms with E-state index in [0.717, 1.165) is 19.3 Å². The Balaban J connectivity index is 1.84. The molecular formula is C18H34O4. The Morgan fingerprint density at radius 3 is 2.23 bits per heavy atom. The minimum Gasteiger partial charge on any atom is -0.460 e. The van der Waals surface area contributed by atoms with Crippen molar-refractivity contribution in [2.75, 3.05) is 6.61 Å². The number of hydrogen-bond acceptors (Lipinski definition) is 4. The van der Waals surface area contributed by atoms with Crippen LogP contribution in [0, 0.1) is 0 Å². The Hall–Kier alpha value is -0.610. The largest absolute Gasteiger partial charge is 0.460 e. The summed E-state index contributed by atoms with van der Waals surface area (Å²) in [6.45, 7) is 3.84. The van der Waals surface area contributed by atoms with Crippen LogP contribution in [0.1, 0.15) is 84.5 Å². The van der Waals surface area contributed by atoms with Gasteiger partial charge in [-0.05, 0) is 26.2 Å².